The minimum atomic E-state index is -0.0544. The van der Waals surface area contributed by atoms with Gasteiger partial charge in [-0.25, -0.2) is 19.9 Å². The van der Waals surface area contributed by atoms with Gasteiger partial charge in [0.1, 0.15) is 23.4 Å². The number of nitrogens with zero attached hydrogens (tertiary/aromatic N) is 7. The number of benzene rings is 1. The van der Waals surface area contributed by atoms with Gasteiger partial charge in [-0.15, -0.1) is 0 Å². The molecule has 11 nitrogen and oxygen atoms in total. The first-order valence-electron chi connectivity index (χ1n) is 13.8. The van der Waals surface area contributed by atoms with Crippen LogP contribution in [0.3, 0.4) is 0 Å². The fourth-order valence-electron chi connectivity index (χ4n) is 5.02. The minimum absolute atomic E-state index is 0.0204. The molecule has 210 valence electrons. The summed E-state index contributed by atoms with van der Waals surface area (Å²) in [6, 6.07) is 17.5. The Morgan fingerprint density at radius 3 is 2.46 bits per heavy atom. The second kappa shape index (κ2) is 11.9. The van der Waals surface area contributed by atoms with Crippen molar-refractivity contribution in [1.82, 2.24) is 34.7 Å². The molecule has 6 rings (SSSR count). The number of esters is 1. The molecular formula is C30H33N9O2. The molecule has 0 radical (unpaired) electrons. The molecule has 41 heavy (non-hydrogen) atoms. The number of aromatic nitrogens is 5. The normalized spacial score (nSPS) is 17.7. The van der Waals surface area contributed by atoms with Gasteiger partial charge in [0.25, 0.3) is 0 Å². The van der Waals surface area contributed by atoms with E-state index in [2.05, 4.69) is 64.5 Å². The number of ether oxygens (including phenoxy) is 1. The van der Waals surface area contributed by atoms with E-state index in [4.69, 9.17) is 4.74 Å². The quantitative estimate of drug-likeness (QED) is 0.295. The molecule has 4 aromatic rings. The lowest BCUT2D eigenvalue weighted by Gasteiger charge is -2.38. The van der Waals surface area contributed by atoms with Gasteiger partial charge in [-0.3, -0.25) is 9.69 Å². The average Bonchev–Trinajstić information content (AvgIpc) is 3.36. The van der Waals surface area contributed by atoms with E-state index in [1.54, 1.807) is 24.5 Å². The predicted molar refractivity (Wildman–Crippen MR) is 156 cm³/mol. The van der Waals surface area contributed by atoms with Gasteiger partial charge in [0.2, 0.25) is 5.95 Å². The van der Waals surface area contributed by atoms with Gasteiger partial charge in [-0.05, 0) is 62.4 Å². The largest absolute Gasteiger partial charge is 0.461 e. The zero-order valence-corrected chi connectivity index (χ0v) is 23.2. The molecule has 0 bridgehead atoms. The van der Waals surface area contributed by atoms with Crippen LogP contribution in [0.25, 0.3) is 11.5 Å². The zero-order valence-electron chi connectivity index (χ0n) is 23.2. The van der Waals surface area contributed by atoms with Crippen molar-refractivity contribution in [3.63, 3.8) is 0 Å². The number of aryl methyl sites for hydroxylation is 1. The van der Waals surface area contributed by atoms with Gasteiger partial charge >= 0.3 is 5.97 Å². The summed E-state index contributed by atoms with van der Waals surface area (Å²) in [4.78, 5) is 39.2. The molecule has 2 fully saturated rings. The Balaban J connectivity index is 1.00. The van der Waals surface area contributed by atoms with Crippen molar-refractivity contribution in [3.8, 4) is 11.5 Å². The highest BCUT2D eigenvalue weighted by atomic mass is 16.5. The van der Waals surface area contributed by atoms with Crippen LogP contribution in [-0.4, -0.2) is 80.0 Å². The molecule has 0 spiro atoms. The van der Waals surface area contributed by atoms with Crippen molar-refractivity contribution in [2.75, 3.05) is 43.9 Å². The van der Waals surface area contributed by atoms with Crippen molar-refractivity contribution in [2.24, 2.45) is 5.92 Å². The Labute approximate surface area is 239 Å². The highest BCUT2D eigenvalue weighted by Crippen LogP contribution is 2.24. The number of anilines is 4. The summed E-state index contributed by atoms with van der Waals surface area (Å²) in [7, 11) is 2.06. The molecule has 1 aromatic carbocycles. The van der Waals surface area contributed by atoms with E-state index in [9.17, 15) is 4.79 Å². The molecule has 3 aromatic heterocycles. The van der Waals surface area contributed by atoms with E-state index in [1.165, 1.54) is 5.56 Å². The molecule has 0 saturated carbocycles. The van der Waals surface area contributed by atoms with Crippen molar-refractivity contribution < 1.29 is 9.53 Å². The van der Waals surface area contributed by atoms with E-state index < -0.39 is 0 Å². The predicted octanol–water partition coefficient (Wildman–Crippen LogP) is 3.80. The van der Waals surface area contributed by atoms with E-state index in [1.807, 2.05) is 37.3 Å². The number of rotatable bonds is 9. The molecule has 11 heteroatoms. The van der Waals surface area contributed by atoms with Crippen LogP contribution in [0.15, 0.2) is 67.0 Å². The maximum Gasteiger partial charge on any atom is 0.311 e. The summed E-state index contributed by atoms with van der Waals surface area (Å²) in [6.07, 6.45) is 4.36. The Kier molecular flexibility index (Phi) is 7.79. The first kappa shape index (κ1) is 26.7. The fourth-order valence-corrected chi connectivity index (χ4v) is 5.02. The number of hydrogen-bond acceptors (Lipinski definition) is 11. The number of pyridine rings is 1. The fraction of sp³-hybridized carbons (Fsp3) is 0.333. The maximum absolute atomic E-state index is 12.4. The molecule has 1 atom stereocenters. The average molecular weight is 552 g/mol. The van der Waals surface area contributed by atoms with Gasteiger partial charge in [0, 0.05) is 56.5 Å². The number of carbonyl (C=O) groups is 1. The summed E-state index contributed by atoms with van der Waals surface area (Å²) in [6.45, 7) is 6.04. The van der Waals surface area contributed by atoms with E-state index in [0.29, 0.717) is 29.1 Å². The second-order valence-electron chi connectivity index (χ2n) is 10.6. The summed E-state index contributed by atoms with van der Waals surface area (Å²) >= 11 is 0. The summed E-state index contributed by atoms with van der Waals surface area (Å²) in [5.41, 5.74) is 3.68. The Morgan fingerprint density at radius 2 is 1.71 bits per heavy atom. The topological polar surface area (TPSA) is 121 Å². The zero-order chi connectivity index (χ0) is 28.2. The van der Waals surface area contributed by atoms with Crippen LogP contribution in [0.2, 0.25) is 0 Å². The van der Waals surface area contributed by atoms with Gasteiger partial charge in [-0.1, -0.05) is 18.2 Å². The van der Waals surface area contributed by atoms with Gasteiger partial charge < -0.3 is 20.3 Å². The van der Waals surface area contributed by atoms with Crippen LogP contribution in [0, 0.1) is 12.8 Å². The highest BCUT2D eigenvalue weighted by Gasteiger charge is 2.35. The molecule has 2 saturated heterocycles. The van der Waals surface area contributed by atoms with Crippen molar-refractivity contribution in [2.45, 2.75) is 26.0 Å². The number of hydrogen-bond donors (Lipinski definition) is 2. The lowest BCUT2D eigenvalue weighted by atomic mass is 9.99. The number of likely N-dealkylation sites (tertiary alicyclic amines) is 2. The van der Waals surface area contributed by atoms with Crippen LogP contribution in [-0.2, 0) is 16.1 Å². The van der Waals surface area contributed by atoms with Crippen LogP contribution < -0.4 is 10.6 Å². The van der Waals surface area contributed by atoms with Crippen molar-refractivity contribution in [3.05, 3.63) is 78.2 Å². The Morgan fingerprint density at radius 1 is 0.927 bits per heavy atom. The molecule has 0 unspecified atom stereocenters. The lowest BCUT2D eigenvalue weighted by molar-refractivity contribution is -0.159. The molecular weight excluding hydrogens is 518 g/mol. The van der Waals surface area contributed by atoms with Gasteiger partial charge in [0.05, 0.1) is 5.92 Å². The van der Waals surface area contributed by atoms with Crippen molar-refractivity contribution in [1.29, 1.82) is 0 Å². The van der Waals surface area contributed by atoms with E-state index >= 15 is 0 Å². The molecule has 0 amide bonds. The monoisotopic (exact) mass is 551 g/mol. The molecule has 2 aliphatic heterocycles. The van der Waals surface area contributed by atoms with Crippen molar-refractivity contribution >= 4 is 29.2 Å². The highest BCUT2D eigenvalue weighted by molar-refractivity contribution is 5.74. The lowest BCUT2D eigenvalue weighted by Crippen LogP contribution is -2.50. The Bertz CT molecular complexity index is 1510. The molecule has 0 aliphatic carbocycles. The van der Waals surface area contributed by atoms with Gasteiger partial charge in [0.15, 0.2) is 5.82 Å². The van der Waals surface area contributed by atoms with Crippen LogP contribution in [0.1, 0.15) is 17.7 Å². The summed E-state index contributed by atoms with van der Waals surface area (Å²) in [5.74, 6) is 2.15. The SMILES string of the molecule is Cc1cccc(-c2nccc(Nc3ccnc(Nc4ccc(CN5CC(C(=O)O[C@@H]6CCN(C)C6)C5)cc4)n3)n2)n1. The summed E-state index contributed by atoms with van der Waals surface area (Å²) in [5, 5.41) is 6.48. The molecule has 2 N–H and O–H groups in total. The molecule has 2 aliphatic rings. The Hall–Kier alpha value is -4.48. The van der Waals surface area contributed by atoms with Gasteiger partial charge in [-0.2, -0.15) is 4.98 Å². The number of carbonyl (C=O) groups excluding carboxylic acids is 1. The third kappa shape index (κ3) is 6.82. The third-order valence-corrected chi connectivity index (χ3v) is 7.22. The second-order valence-corrected chi connectivity index (χ2v) is 10.6. The van der Waals surface area contributed by atoms with Crippen LogP contribution in [0.5, 0.6) is 0 Å². The van der Waals surface area contributed by atoms with E-state index in [0.717, 1.165) is 50.5 Å². The number of nitrogens with one attached hydrogen (secondary N) is 2. The first-order chi connectivity index (χ1) is 20.0. The van der Waals surface area contributed by atoms with Crippen LogP contribution in [0.4, 0.5) is 23.3 Å². The minimum Gasteiger partial charge on any atom is -0.461 e. The smallest absolute Gasteiger partial charge is 0.311 e. The first-order valence-corrected chi connectivity index (χ1v) is 13.8. The number of likely N-dealkylation sites (N-methyl/N-ethyl adjacent to an activating group) is 1. The standard InChI is InChI=1S/C30H33N9O2/c1-20-4-3-5-25(33-20)28-31-13-10-26(36-28)35-27-11-14-32-30(37-27)34-23-8-6-21(7-9-23)16-39-17-22(18-39)29(40)41-24-12-15-38(2)19-24/h3-11,13-14,22,24H,12,15-19H2,1-2H3,(H2,31,32,34,35,36,37)/t24-/m1/s1. The van der Waals surface area contributed by atoms with E-state index in [-0.39, 0.29) is 18.0 Å². The molecule has 5 heterocycles. The summed E-state index contributed by atoms with van der Waals surface area (Å²) < 4.78 is 5.68. The maximum atomic E-state index is 12.4. The third-order valence-electron chi connectivity index (χ3n) is 7.22. The van der Waals surface area contributed by atoms with Crippen LogP contribution >= 0.6 is 0 Å².